The fourth-order valence-corrected chi connectivity index (χ4v) is 4.93. The number of likely N-dealkylation sites (N-methyl/N-ethyl adjacent to an activating group) is 1. The molecule has 0 saturated carbocycles. The molecule has 0 radical (unpaired) electrons. The molecular weight excluding hydrogens is 432 g/mol. The van der Waals surface area contributed by atoms with Gasteiger partial charge in [0.05, 0.1) is 17.7 Å². The van der Waals surface area contributed by atoms with Crippen molar-refractivity contribution >= 4 is 31.6 Å². The molecule has 0 amide bonds. The Morgan fingerprint density at radius 3 is 2.63 bits per heavy atom. The number of hydrogen-bond acceptors (Lipinski definition) is 5. The second-order valence-corrected chi connectivity index (χ2v) is 9.34. The van der Waals surface area contributed by atoms with Crippen LogP contribution >= 0.6 is 15.9 Å². The number of hydrogen-bond donors (Lipinski definition) is 1. The Hall–Kier alpha value is -1.77. The van der Waals surface area contributed by atoms with Crippen LogP contribution in [0.3, 0.4) is 0 Å². The second kappa shape index (κ2) is 7.69. The number of aryl methyl sites for hydroxylation is 1. The van der Waals surface area contributed by atoms with Gasteiger partial charge in [-0.25, -0.2) is 8.42 Å². The molecule has 1 aliphatic rings. The van der Waals surface area contributed by atoms with Crippen molar-refractivity contribution in [2.45, 2.75) is 24.3 Å². The number of nitrogens with zero attached hydrogens (tertiary/aromatic N) is 1. The number of halogens is 1. The molecule has 0 unspecified atom stereocenters. The molecule has 27 heavy (non-hydrogen) atoms. The van der Waals surface area contributed by atoms with E-state index in [1.165, 1.54) is 0 Å². The normalized spacial score (nSPS) is 16.6. The number of benzene rings is 2. The van der Waals surface area contributed by atoms with E-state index in [2.05, 4.69) is 25.6 Å². The third kappa shape index (κ3) is 4.07. The smallest absolute Gasteiger partial charge is 0.262 e. The topological polar surface area (TPSA) is 67.9 Å². The van der Waals surface area contributed by atoms with E-state index in [1.807, 2.05) is 14.1 Å². The zero-order valence-corrected chi connectivity index (χ0v) is 18.1. The Balaban J connectivity index is 2.00. The van der Waals surface area contributed by atoms with E-state index in [0.717, 1.165) is 16.5 Å². The number of sulfonamides is 1. The summed E-state index contributed by atoms with van der Waals surface area (Å²) in [4.78, 5) is 2.32. The molecule has 1 heterocycles. The van der Waals surface area contributed by atoms with Crippen LogP contribution in [0.25, 0.3) is 0 Å². The highest BCUT2D eigenvalue weighted by Gasteiger charge is 2.28. The molecule has 6 nitrogen and oxygen atoms in total. The van der Waals surface area contributed by atoms with Crippen molar-refractivity contribution in [2.75, 3.05) is 32.5 Å². The Morgan fingerprint density at radius 2 is 2.00 bits per heavy atom. The second-order valence-electron chi connectivity index (χ2n) is 6.77. The summed E-state index contributed by atoms with van der Waals surface area (Å²) in [6.45, 7) is 2.25. The van der Waals surface area contributed by atoms with Crippen LogP contribution in [-0.2, 0) is 16.4 Å². The van der Waals surface area contributed by atoms with E-state index in [1.54, 1.807) is 44.4 Å². The standard InChI is InChI=1S/C19H23BrN2O4S/c1-12-9-13(20)5-8-18(12)27(23,24)21-16-6-7-17(25-4)15-10-14(22(2)3)11-26-19(15)16/h5-9,14,21H,10-11H2,1-4H3/t14-/m1/s1. The van der Waals surface area contributed by atoms with Crippen LogP contribution in [0.15, 0.2) is 39.7 Å². The van der Waals surface area contributed by atoms with Crippen molar-refractivity contribution in [1.82, 2.24) is 4.90 Å². The average Bonchev–Trinajstić information content (AvgIpc) is 2.60. The predicted octanol–water partition coefficient (Wildman–Crippen LogP) is 3.43. The molecule has 0 aliphatic carbocycles. The van der Waals surface area contributed by atoms with E-state index >= 15 is 0 Å². The first-order chi connectivity index (χ1) is 12.7. The van der Waals surface area contributed by atoms with Gasteiger partial charge in [-0.1, -0.05) is 15.9 Å². The molecule has 0 fully saturated rings. The quantitative estimate of drug-likeness (QED) is 0.749. The lowest BCUT2D eigenvalue weighted by Crippen LogP contribution is -2.38. The molecule has 146 valence electrons. The third-order valence-electron chi connectivity index (χ3n) is 4.70. The molecule has 2 aromatic rings. The van der Waals surface area contributed by atoms with Crippen LogP contribution in [0, 0.1) is 6.92 Å². The van der Waals surface area contributed by atoms with Gasteiger partial charge in [-0.15, -0.1) is 0 Å². The van der Waals surface area contributed by atoms with E-state index in [4.69, 9.17) is 9.47 Å². The molecule has 8 heteroatoms. The van der Waals surface area contributed by atoms with Crippen molar-refractivity contribution < 1.29 is 17.9 Å². The van der Waals surface area contributed by atoms with Crippen LogP contribution in [0.4, 0.5) is 5.69 Å². The molecule has 1 aliphatic heterocycles. The van der Waals surface area contributed by atoms with Gasteiger partial charge >= 0.3 is 0 Å². The van der Waals surface area contributed by atoms with Gasteiger partial charge in [0.2, 0.25) is 0 Å². The maximum Gasteiger partial charge on any atom is 0.262 e. The number of fused-ring (bicyclic) bond motifs is 1. The summed E-state index contributed by atoms with van der Waals surface area (Å²) in [5.74, 6) is 1.23. The highest BCUT2D eigenvalue weighted by Crippen LogP contribution is 2.40. The summed E-state index contributed by atoms with van der Waals surface area (Å²) in [5.41, 5.74) is 1.95. The molecular formula is C19H23BrN2O4S. The van der Waals surface area contributed by atoms with Gasteiger partial charge in [-0.2, -0.15) is 0 Å². The van der Waals surface area contributed by atoms with E-state index in [-0.39, 0.29) is 10.9 Å². The molecule has 1 N–H and O–H groups in total. The van der Waals surface area contributed by atoms with Crippen molar-refractivity contribution in [2.24, 2.45) is 0 Å². The Kier molecular flexibility index (Phi) is 5.69. The molecule has 1 atom stereocenters. The lowest BCUT2D eigenvalue weighted by Gasteiger charge is -2.32. The molecule has 0 aromatic heterocycles. The molecule has 0 saturated heterocycles. The van der Waals surface area contributed by atoms with Crippen molar-refractivity contribution in [3.8, 4) is 11.5 Å². The molecule has 2 aromatic carbocycles. The average molecular weight is 455 g/mol. The maximum atomic E-state index is 12.9. The van der Waals surface area contributed by atoms with E-state index in [0.29, 0.717) is 29.4 Å². The first-order valence-electron chi connectivity index (χ1n) is 8.51. The van der Waals surface area contributed by atoms with Gasteiger partial charge in [0.15, 0.2) is 0 Å². The van der Waals surface area contributed by atoms with E-state index in [9.17, 15) is 8.42 Å². The van der Waals surface area contributed by atoms with Crippen LogP contribution in [-0.4, -0.2) is 47.2 Å². The zero-order valence-electron chi connectivity index (χ0n) is 15.7. The Labute approximate surface area is 168 Å². The zero-order chi connectivity index (χ0) is 19.8. The van der Waals surface area contributed by atoms with Crippen LogP contribution in [0.1, 0.15) is 11.1 Å². The minimum Gasteiger partial charge on any atom is -0.496 e. The summed E-state index contributed by atoms with van der Waals surface area (Å²) < 4.78 is 40.8. The monoisotopic (exact) mass is 454 g/mol. The largest absolute Gasteiger partial charge is 0.496 e. The fourth-order valence-electron chi connectivity index (χ4n) is 3.16. The summed E-state index contributed by atoms with van der Waals surface area (Å²) in [5, 5.41) is 0. The number of rotatable bonds is 5. The van der Waals surface area contributed by atoms with Crippen molar-refractivity contribution in [1.29, 1.82) is 0 Å². The fraction of sp³-hybridized carbons (Fsp3) is 0.368. The minimum atomic E-state index is -3.75. The van der Waals surface area contributed by atoms with Crippen LogP contribution < -0.4 is 14.2 Å². The van der Waals surface area contributed by atoms with Gasteiger partial charge in [0.25, 0.3) is 10.0 Å². The first kappa shape index (κ1) is 20.0. The maximum absolute atomic E-state index is 12.9. The van der Waals surface area contributed by atoms with Gasteiger partial charge < -0.3 is 14.4 Å². The third-order valence-corrected chi connectivity index (χ3v) is 6.72. The lowest BCUT2D eigenvalue weighted by molar-refractivity contribution is 0.164. The SMILES string of the molecule is COc1ccc(NS(=O)(=O)c2ccc(Br)cc2C)c2c1C[C@@H](N(C)C)CO2. The summed E-state index contributed by atoms with van der Waals surface area (Å²) in [6, 6.07) is 8.72. The van der Waals surface area contributed by atoms with Gasteiger partial charge in [-0.3, -0.25) is 4.72 Å². The Morgan fingerprint density at radius 1 is 1.26 bits per heavy atom. The number of nitrogens with one attached hydrogen (secondary N) is 1. The molecule has 3 rings (SSSR count). The van der Waals surface area contributed by atoms with E-state index < -0.39 is 10.0 Å². The summed E-state index contributed by atoms with van der Waals surface area (Å²) in [7, 11) is 1.84. The summed E-state index contributed by atoms with van der Waals surface area (Å²) in [6.07, 6.45) is 0.721. The number of anilines is 1. The first-order valence-corrected chi connectivity index (χ1v) is 10.8. The molecule has 0 bridgehead atoms. The van der Waals surface area contributed by atoms with Gasteiger partial charge in [0, 0.05) is 16.1 Å². The highest BCUT2D eigenvalue weighted by atomic mass is 79.9. The highest BCUT2D eigenvalue weighted by molar-refractivity contribution is 9.10. The number of methoxy groups -OCH3 is 1. The summed E-state index contributed by atoms with van der Waals surface area (Å²) >= 11 is 3.36. The Bertz CT molecular complexity index is 960. The van der Waals surface area contributed by atoms with Crippen LogP contribution in [0.2, 0.25) is 0 Å². The van der Waals surface area contributed by atoms with Gasteiger partial charge in [0.1, 0.15) is 18.1 Å². The van der Waals surface area contributed by atoms with Gasteiger partial charge in [-0.05, 0) is 63.3 Å². The van der Waals surface area contributed by atoms with Crippen LogP contribution in [0.5, 0.6) is 11.5 Å². The van der Waals surface area contributed by atoms with Crippen molar-refractivity contribution in [3.63, 3.8) is 0 Å². The van der Waals surface area contributed by atoms with Crippen molar-refractivity contribution in [3.05, 3.63) is 45.9 Å². The minimum absolute atomic E-state index is 0.201. The molecule has 0 spiro atoms. The lowest BCUT2D eigenvalue weighted by atomic mass is 10.00. The number of ether oxygens (including phenoxy) is 2. The predicted molar refractivity (Wildman–Crippen MR) is 109 cm³/mol.